The lowest BCUT2D eigenvalue weighted by atomic mass is 10.0. The van der Waals surface area contributed by atoms with Crippen LogP contribution in [0.5, 0.6) is 0 Å². The number of rotatable bonds is 5. The van der Waals surface area contributed by atoms with Crippen molar-refractivity contribution in [3.05, 3.63) is 62.2 Å². The molecule has 4 rings (SSSR count). The highest BCUT2D eigenvalue weighted by molar-refractivity contribution is 14.1. The molecule has 0 saturated carbocycles. The van der Waals surface area contributed by atoms with Crippen LogP contribution in [-0.4, -0.2) is 54.3 Å². The Morgan fingerprint density at radius 1 is 1.06 bits per heavy atom. The molecule has 31 heavy (non-hydrogen) atoms. The lowest BCUT2D eigenvalue weighted by Crippen LogP contribution is -2.40. The number of hydrogen-bond donors (Lipinski definition) is 2. The summed E-state index contributed by atoms with van der Waals surface area (Å²) < 4.78 is 0.932. The quantitative estimate of drug-likeness (QED) is 0.459. The molecule has 0 spiro atoms. The Hall–Kier alpha value is -2.13. The first-order valence-electron chi connectivity index (χ1n) is 10.7. The van der Waals surface area contributed by atoms with Crippen molar-refractivity contribution in [2.45, 2.75) is 20.4 Å². The Morgan fingerprint density at radius 2 is 1.77 bits per heavy atom. The van der Waals surface area contributed by atoms with Crippen molar-refractivity contribution in [3.8, 4) is 0 Å². The van der Waals surface area contributed by atoms with Crippen LogP contribution in [0.1, 0.15) is 27.0 Å². The maximum absolute atomic E-state index is 12.7. The molecule has 0 aromatic heterocycles. The van der Waals surface area contributed by atoms with Gasteiger partial charge in [-0.15, -0.1) is 0 Å². The van der Waals surface area contributed by atoms with Crippen LogP contribution in [0, 0.1) is 29.3 Å². The fourth-order valence-corrected chi connectivity index (χ4v) is 5.27. The summed E-state index contributed by atoms with van der Waals surface area (Å²) in [6, 6.07) is 12.0. The minimum atomic E-state index is -0.302. The first kappa shape index (κ1) is 22.1. The summed E-state index contributed by atoms with van der Waals surface area (Å²) in [6.07, 6.45) is 0. The van der Waals surface area contributed by atoms with Crippen molar-refractivity contribution in [2.75, 3.05) is 38.5 Å². The molecule has 2 aliphatic rings. The number of aryl methyl sites for hydroxylation is 2. The minimum absolute atomic E-state index is 0.00939. The molecule has 164 valence electrons. The van der Waals surface area contributed by atoms with E-state index < -0.39 is 0 Å². The average Bonchev–Trinajstić information content (AvgIpc) is 3.28. The Balaban J connectivity index is 1.27. The van der Waals surface area contributed by atoms with Gasteiger partial charge in [0.25, 0.3) is 5.91 Å². The molecule has 2 amide bonds. The molecular weight excluding hydrogens is 503 g/mol. The summed E-state index contributed by atoms with van der Waals surface area (Å²) in [5.41, 5.74) is 10.8. The minimum Gasteiger partial charge on any atom is -0.398 e. The number of anilines is 1. The fraction of sp³-hybridized carbons (Fsp3) is 0.417. The van der Waals surface area contributed by atoms with Gasteiger partial charge in [0.2, 0.25) is 5.91 Å². The third-order valence-corrected chi connectivity index (χ3v) is 7.14. The molecule has 3 N–H and O–H groups in total. The number of nitrogens with one attached hydrogen (secondary N) is 1. The van der Waals surface area contributed by atoms with E-state index in [0.717, 1.165) is 36.3 Å². The SMILES string of the molecule is Cc1ccc(CN2CC3CN(C(=O)CNC(=O)c4cc(I)ccc4N)CC3C2)c(C)c1. The Kier molecular flexibility index (Phi) is 6.52. The van der Waals surface area contributed by atoms with Crippen molar-refractivity contribution in [1.82, 2.24) is 15.1 Å². The van der Waals surface area contributed by atoms with E-state index in [1.165, 1.54) is 16.7 Å². The molecule has 6 nitrogen and oxygen atoms in total. The lowest BCUT2D eigenvalue weighted by Gasteiger charge is -2.22. The summed E-state index contributed by atoms with van der Waals surface area (Å²) >= 11 is 2.14. The normalized spacial score (nSPS) is 20.7. The van der Waals surface area contributed by atoms with E-state index in [2.05, 4.69) is 64.9 Å². The molecule has 7 heteroatoms. The molecule has 2 atom stereocenters. The average molecular weight is 532 g/mol. The zero-order valence-electron chi connectivity index (χ0n) is 18.0. The summed E-state index contributed by atoms with van der Waals surface area (Å²) in [6.45, 7) is 8.87. The highest BCUT2D eigenvalue weighted by Crippen LogP contribution is 2.32. The maximum Gasteiger partial charge on any atom is 0.253 e. The Morgan fingerprint density at radius 3 is 2.45 bits per heavy atom. The van der Waals surface area contributed by atoms with Gasteiger partial charge in [-0.25, -0.2) is 0 Å². The van der Waals surface area contributed by atoms with E-state index in [9.17, 15) is 9.59 Å². The molecule has 2 aliphatic heterocycles. The predicted molar refractivity (Wildman–Crippen MR) is 131 cm³/mol. The van der Waals surface area contributed by atoms with Crippen LogP contribution in [0.2, 0.25) is 0 Å². The van der Waals surface area contributed by atoms with Gasteiger partial charge in [0.1, 0.15) is 0 Å². The molecule has 2 aromatic rings. The van der Waals surface area contributed by atoms with Crippen molar-refractivity contribution in [2.24, 2.45) is 11.8 Å². The summed E-state index contributed by atoms with van der Waals surface area (Å²) in [5.74, 6) is 0.699. The monoisotopic (exact) mass is 532 g/mol. The smallest absolute Gasteiger partial charge is 0.253 e. The molecular formula is C24H29IN4O2. The second-order valence-corrected chi connectivity index (χ2v) is 10.1. The molecule has 0 bridgehead atoms. The number of benzene rings is 2. The van der Waals surface area contributed by atoms with Crippen molar-refractivity contribution in [1.29, 1.82) is 0 Å². The zero-order chi connectivity index (χ0) is 22.1. The van der Waals surface area contributed by atoms with Gasteiger partial charge < -0.3 is 16.0 Å². The summed E-state index contributed by atoms with van der Waals surface area (Å²) in [4.78, 5) is 29.5. The number of amides is 2. The van der Waals surface area contributed by atoms with Gasteiger partial charge in [-0.1, -0.05) is 23.8 Å². The number of halogens is 1. The van der Waals surface area contributed by atoms with Crippen LogP contribution < -0.4 is 11.1 Å². The van der Waals surface area contributed by atoms with Crippen LogP contribution in [0.3, 0.4) is 0 Å². The molecule has 2 aromatic carbocycles. The van der Waals surface area contributed by atoms with Gasteiger partial charge in [-0.3, -0.25) is 14.5 Å². The second-order valence-electron chi connectivity index (χ2n) is 8.86. The van der Waals surface area contributed by atoms with Crippen LogP contribution in [0.25, 0.3) is 0 Å². The predicted octanol–water partition coefficient (Wildman–Crippen LogP) is 2.81. The van der Waals surface area contributed by atoms with E-state index in [0.29, 0.717) is 23.1 Å². The molecule has 2 unspecified atom stereocenters. The number of fused-ring (bicyclic) bond motifs is 1. The van der Waals surface area contributed by atoms with E-state index in [4.69, 9.17) is 5.73 Å². The third kappa shape index (κ3) is 5.03. The van der Waals surface area contributed by atoms with E-state index in [-0.39, 0.29) is 18.4 Å². The first-order chi connectivity index (χ1) is 14.8. The highest BCUT2D eigenvalue weighted by Gasteiger charge is 2.41. The number of nitrogens with zero attached hydrogens (tertiary/aromatic N) is 2. The zero-order valence-corrected chi connectivity index (χ0v) is 20.2. The number of carbonyl (C=O) groups is 2. The number of hydrogen-bond acceptors (Lipinski definition) is 4. The Labute approximate surface area is 197 Å². The van der Waals surface area contributed by atoms with E-state index >= 15 is 0 Å². The molecule has 0 aliphatic carbocycles. The number of nitrogens with two attached hydrogens (primary N) is 1. The van der Waals surface area contributed by atoms with Gasteiger partial charge >= 0.3 is 0 Å². The first-order valence-corrected chi connectivity index (χ1v) is 11.8. The van der Waals surface area contributed by atoms with Gasteiger partial charge in [0, 0.05) is 42.0 Å². The second kappa shape index (κ2) is 9.16. The lowest BCUT2D eigenvalue weighted by molar-refractivity contribution is -0.129. The number of likely N-dealkylation sites (tertiary alicyclic amines) is 2. The van der Waals surface area contributed by atoms with Crippen LogP contribution in [0.15, 0.2) is 36.4 Å². The third-order valence-electron chi connectivity index (χ3n) is 6.47. The number of nitrogen functional groups attached to an aromatic ring is 1. The Bertz CT molecular complexity index is 995. The summed E-state index contributed by atoms with van der Waals surface area (Å²) in [7, 11) is 0. The van der Waals surface area contributed by atoms with Crippen LogP contribution in [-0.2, 0) is 11.3 Å². The highest BCUT2D eigenvalue weighted by atomic mass is 127. The van der Waals surface area contributed by atoms with Gasteiger partial charge in [-0.2, -0.15) is 0 Å². The van der Waals surface area contributed by atoms with E-state index in [1.807, 2.05) is 11.0 Å². The van der Waals surface area contributed by atoms with E-state index in [1.54, 1.807) is 12.1 Å². The fourth-order valence-electron chi connectivity index (χ4n) is 4.78. The van der Waals surface area contributed by atoms with Crippen LogP contribution >= 0.6 is 22.6 Å². The van der Waals surface area contributed by atoms with Crippen molar-refractivity contribution < 1.29 is 9.59 Å². The van der Waals surface area contributed by atoms with Gasteiger partial charge in [0.05, 0.1) is 12.1 Å². The van der Waals surface area contributed by atoms with Crippen LogP contribution in [0.4, 0.5) is 5.69 Å². The van der Waals surface area contributed by atoms with Gasteiger partial charge in [0.15, 0.2) is 0 Å². The molecule has 2 saturated heterocycles. The molecule has 0 radical (unpaired) electrons. The van der Waals surface area contributed by atoms with Crippen molar-refractivity contribution in [3.63, 3.8) is 0 Å². The molecule has 2 fully saturated rings. The van der Waals surface area contributed by atoms with Gasteiger partial charge in [-0.05, 0) is 77.6 Å². The van der Waals surface area contributed by atoms with Crippen molar-refractivity contribution >= 4 is 40.1 Å². The largest absolute Gasteiger partial charge is 0.398 e. The topological polar surface area (TPSA) is 78.7 Å². The maximum atomic E-state index is 12.7. The molecule has 2 heterocycles. The number of carbonyl (C=O) groups excluding carboxylic acids is 2. The summed E-state index contributed by atoms with van der Waals surface area (Å²) in [5, 5.41) is 2.74. The standard InChI is InChI=1S/C24H29IN4O2/c1-15-3-4-17(16(2)7-15)10-28-11-18-13-29(14-19(18)12-28)23(30)9-27-24(31)21-8-20(25)5-6-22(21)26/h3-8,18-19H,9-14,26H2,1-2H3,(H,27,31).